The number of aromatic nitrogens is 4. The van der Waals surface area contributed by atoms with Gasteiger partial charge in [-0.15, -0.1) is 0 Å². The van der Waals surface area contributed by atoms with Gasteiger partial charge in [-0.3, -0.25) is 13.9 Å². The number of ether oxygens (including phenoxy) is 2. The minimum Gasteiger partial charge on any atom is -0.376 e. The number of hydrogen-bond acceptors (Lipinski definition) is 5. The van der Waals surface area contributed by atoms with Crippen LogP contribution >= 0.6 is 0 Å². The number of fused-ring (bicyclic) bond motifs is 1. The summed E-state index contributed by atoms with van der Waals surface area (Å²) in [7, 11) is 3.01. The summed E-state index contributed by atoms with van der Waals surface area (Å²) in [6, 6.07) is 0. The van der Waals surface area contributed by atoms with Gasteiger partial charge in [0.1, 0.15) is 17.4 Å². The molecule has 8 nitrogen and oxygen atoms in total. The molecule has 0 saturated carbocycles. The number of aromatic amines is 1. The SMILES string of the molecule is Cn1c(=O)c2[nH]c(C3COCCO3)nc2n(C)c1=O. The Kier molecular flexibility index (Phi) is 2.76. The lowest BCUT2D eigenvalue weighted by atomic mass is 10.3. The van der Waals surface area contributed by atoms with E-state index >= 15 is 0 Å². The van der Waals surface area contributed by atoms with Crippen LogP contribution in [0.15, 0.2) is 9.59 Å². The lowest BCUT2D eigenvalue weighted by Crippen LogP contribution is -2.36. The van der Waals surface area contributed by atoms with E-state index in [9.17, 15) is 9.59 Å². The molecule has 0 radical (unpaired) electrons. The summed E-state index contributed by atoms with van der Waals surface area (Å²) < 4.78 is 13.2. The summed E-state index contributed by atoms with van der Waals surface area (Å²) in [5, 5.41) is 0. The van der Waals surface area contributed by atoms with E-state index in [1.807, 2.05) is 0 Å². The van der Waals surface area contributed by atoms with Crippen molar-refractivity contribution in [2.24, 2.45) is 14.1 Å². The van der Waals surface area contributed by atoms with Crippen LogP contribution in [0.3, 0.4) is 0 Å². The van der Waals surface area contributed by atoms with Gasteiger partial charge in [0.15, 0.2) is 5.65 Å². The maximum atomic E-state index is 12.0. The second-order valence-corrected chi connectivity index (χ2v) is 4.46. The van der Waals surface area contributed by atoms with Crippen LogP contribution in [0, 0.1) is 0 Å². The summed E-state index contributed by atoms with van der Waals surface area (Å²) in [4.78, 5) is 31.0. The first-order valence-corrected chi connectivity index (χ1v) is 5.94. The molecule has 0 bridgehead atoms. The maximum absolute atomic E-state index is 12.0. The van der Waals surface area contributed by atoms with Crippen LogP contribution in [0.2, 0.25) is 0 Å². The highest BCUT2D eigenvalue weighted by molar-refractivity contribution is 5.69. The number of nitrogens with one attached hydrogen (secondary N) is 1. The van der Waals surface area contributed by atoms with Gasteiger partial charge >= 0.3 is 5.69 Å². The van der Waals surface area contributed by atoms with Crippen molar-refractivity contribution >= 4 is 11.2 Å². The number of nitrogens with zero attached hydrogens (tertiary/aromatic N) is 3. The van der Waals surface area contributed by atoms with Crippen molar-refractivity contribution < 1.29 is 9.47 Å². The summed E-state index contributed by atoms with van der Waals surface area (Å²) in [6.45, 7) is 1.42. The van der Waals surface area contributed by atoms with Crippen LogP contribution in [-0.4, -0.2) is 38.9 Å². The predicted octanol–water partition coefficient (Wildman–Crippen LogP) is -0.952. The molecule has 3 heterocycles. The fourth-order valence-corrected chi connectivity index (χ4v) is 2.14. The summed E-state index contributed by atoms with van der Waals surface area (Å²) in [5.74, 6) is 0.507. The highest BCUT2D eigenvalue weighted by Crippen LogP contribution is 2.19. The van der Waals surface area contributed by atoms with Gasteiger partial charge in [0.2, 0.25) is 0 Å². The first kappa shape index (κ1) is 12.1. The molecular weight excluding hydrogens is 252 g/mol. The molecule has 1 N–H and O–H groups in total. The molecular formula is C11H14N4O4. The Bertz CT molecular complexity index is 735. The van der Waals surface area contributed by atoms with Crippen molar-refractivity contribution in [2.75, 3.05) is 19.8 Å². The summed E-state index contributed by atoms with van der Waals surface area (Å²) >= 11 is 0. The first-order valence-electron chi connectivity index (χ1n) is 5.94. The van der Waals surface area contributed by atoms with E-state index in [4.69, 9.17) is 9.47 Å². The van der Waals surface area contributed by atoms with E-state index in [2.05, 4.69) is 9.97 Å². The first-order chi connectivity index (χ1) is 9.09. The van der Waals surface area contributed by atoms with Gasteiger partial charge in [-0.05, 0) is 0 Å². The van der Waals surface area contributed by atoms with Gasteiger partial charge in [-0.25, -0.2) is 9.78 Å². The number of imidazole rings is 1. The lowest BCUT2D eigenvalue weighted by Gasteiger charge is -2.20. The number of hydrogen-bond donors (Lipinski definition) is 1. The van der Waals surface area contributed by atoms with Gasteiger partial charge in [-0.2, -0.15) is 0 Å². The largest absolute Gasteiger partial charge is 0.376 e. The summed E-state index contributed by atoms with van der Waals surface area (Å²) in [6.07, 6.45) is -0.332. The molecule has 1 atom stereocenters. The fourth-order valence-electron chi connectivity index (χ4n) is 2.14. The smallest absolute Gasteiger partial charge is 0.332 e. The quantitative estimate of drug-likeness (QED) is 0.718. The summed E-state index contributed by atoms with van der Waals surface area (Å²) in [5.41, 5.74) is -0.170. The zero-order valence-electron chi connectivity index (χ0n) is 10.7. The van der Waals surface area contributed by atoms with Crippen molar-refractivity contribution in [1.82, 2.24) is 19.1 Å². The molecule has 19 heavy (non-hydrogen) atoms. The average molecular weight is 266 g/mol. The van der Waals surface area contributed by atoms with Crippen molar-refractivity contribution in [3.8, 4) is 0 Å². The van der Waals surface area contributed by atoms with E-state index in [1.165, 1.54) is 11.6 Å². The normalized spacial score (nSPS) is 20.0. The Morgan fingerprint density at radius 1 is 1.26 bits per heavy atom. The van der Waals surface area contributed by atoms with Crippen LogP contribution in [-0.2, 0) is 23.6 Å². The Balaban J connectivity index is 2.20. The molecule has 1 fully saturated rings. The highest BCUT2D eigenvalue weighted by Gasteiger charge is 2.22. The van der Waals surface area contributed by atoms with Crippen molar-refractivity contribution in [1.29, 1.82) is 0 Å². The molecule has 1 saturated heterocycles. The Labute approximate surface area is 107 Å². The van der Waals surface area contributed by atoms with Crippen molar-refractivity contribution in [2.45, 2.75) is 6.10 Å². The van der Waals surface area contributed by atoms with Gasteiger partial charge in [-0.1, -0.05) is 0 Å². The standard InChI is InChI=1S/C11H14N4O4/c1-14-9-7(10(16)15(2)11(14)17)12-8(13-9)6-5-18-3-4-19-6/h6H,3-5H2,1-2H3,(H,12,13). The second-order valence-electron chi connectivity index (χ2n) is 4.46. The van der Waals surface area contributed by atoms with Gasteiger partial charge < -0.3 is 14.5 Å². The van der Waals surface area contributed by atoms with Crippen LogP contribution in [0.1, 0.15) is 11.9 Å². The molecule has 8 heteroatoms. The van der Waals surface area contributed by atoms with Crippen LogP contribution < -0.4 is 11.2 Å². The average Bonchev–Trinajstić information content (AvgIpc) is 2.89. The second kappa shape index (κ2) is 4.32. The van der Waals surface area contributed by atoms with Gasteiger partial charge in [0.05, 0.1) is 19.8 Å². The molecule has 1 unspecified atom stereocenters. The zero-order chi connectivity index (χ0) is 13.6. The predicted molar refractivity (Wildman–Crippen MR) is 66.1 cm³/mol. The molecule has 0 spiro atoms. The number of aryl methyl sites for hydroxylation is 1. The van der Waals surface area contributed by atoms with Crippen LogP contribution in [0.5, 0.6) is 0 Å². The van der Waals surface area contributed by atoms with E-state index < -0.39 is 11.2 Å². The van der Waals surface area contributed by atoms with E-state index in [-0.39, 0.29) is 6.10 Å². The Morgan fingerprint density at radius 3 is 2.74 bits per heavy atom. The molecule has 0 amide bonds. The third-order valence-corrected chi connectivity index (χ3v) is 3.23. The monoisotopic (exact) mass is 266 g/mol. The maximum Gasteiger partial charge on any atom is 0.332 e. The number of rotatable bonds is 1. The zero-order valence-corrected chi connectivity index (χ0v) is 10.7. The Hall–Kier alpha value is -1.93. The van der Waals surface area contributed by atoms with Gasteiger partial charge in [0.25, 0.3) is 5.56 Å². The molecule has 102 valence electrons. The highest BCUT2D eigenvalue weighted by atomic mass is 16.6. The lowest BCUT2D eigenvalue weighted by molar-refractivity contribution is -0.0931. The van der Waals surface area contributed by atoms with E-state index in [1.54, 1.807) is 7.05 Å². The molecule has 2 aromatic heterocycles. The molecule has 3 rings (SSSR count). The van der Waals surface area contributed by atoms with Crippen LogP contribution in [0.4, 0.5) is 0 Å². The fraction of sp³-hybridized carbons (Fsp3) is 0.545. The molecule has 1 aliphatic rings. The van der Waals surface area contributed by atoms with Crippen molar-refractivity contribution in [3.63, 3.8) is 0 Å². The minimum absolute atomic E-state index is 0.300. The van der Waals surface area contributed by atoms with Crippen LogP contribution in [0.25, 0.3) is 11.2 Å². The molecule has 2 aromatic rings. The van der Waals surface area contributed by atoms with Crippen molar-refractivity contribution in [3.05, 3.63) is 26.7 Å². The van der Waals surface area contributed by atoms with E-state index in [0.717, 1.165) is 4.57 Å². The third kappa shape index (κ3) is 1.80. The molecule has 0 aromatic carbocycles. The minimum atomic E-state index is -0.406. The molecule has 0 aliphatic carbocycles. The molecule has 1 aliphatic heterocycles. The topological polar surface area (TPSA) is 91.1 Å². The Morgan fingerprint density at radius 2 is 2.05 bits per heavy atom. The number of H-pyrrole nitrogens is 1. The third-order valence-electron chi connectivity index (χ3n) is 3.23. The van der Waals surface area contributed by atoms with E-state index in [0.29, 0.717) is 36.8 Å². The van der Waals surface area contributed by atoms with Gasteiger partial charge in [0, 0.05) is 14.1 Å².